The molecule has 0 fully saturated rings. The van der Waals surface area contributed by atoms with E-state index in [2.05, 4.69) is 10.6 Å². The summed E-state index contributed by atoms with van der Waals surface area (Å²) in [6, 6.07) is 19.3. The highest BCUT2D eigenvalue weighted by atomic mass is 35.6. The quantitative estimate of drug-likeness (QED) is 0.138. The number of rotatable bonds is 8. The molecule has 0 atom stereocenters. The summed E-state index contributed by atoms with van der Waals surface area (Å²) in [7, 11) is -3.91. The Kier molecular flexibility index (Phi) is 10.6. The van der Waals surface area contributed by atoms with E-state index >= 15 is 0 Å². The molecule has 0 aliphatic heterocycles. The van der Waals surface area contributed by atoms with Gasteiger partial charge in [-0.05, 0) is 49.2 Å². The normalized spacial score (nSPS) is 11.6. The van der Waals surface area contributed by atoms with Crippen LogP contribution in [0.25, 0.3) is 11.1 Å². The fourth-order valence-corrected chi connectivity index (χ4v) is 4.67. The lowest BCUT2D eigenvalue weighted by molar-refractivity contribution is 0.154. The molecular formula is C27H28Cl3N5O5S. The second kappa shape index (κ2) is 13.5. The number of primary sulfonamides is 1. The fraction of sp³-hybridized carbons (Fsp3) is 0.222. The van der Waals surface area contributed by atoms with Crippen molar-refractivity contribution in [2.75, 3.05) is 11.9 Å². The number of alkyl carbamates (subject to hydrolysis) is 1. The molecule has 0 aliphatic carbocycles. The van der Waals surface area contributed by atoms with Gasteiger partial charge >= 0.3 is 12.1 Å². The van der Waals surface area contributed by atoms with Crippen molar-refractivity contribution in [3.05, 3.63) is 83.9 Å². The lowest BCUT2D eigenvalue weighted by Gasteiger charge is -2.27. The van der Waals surface area contributed by atoms with Gasteiger partial charge < -0.3 is 15.0 Å². The molecule has 0 heterocycles. The Balaban J connectivity index is 1.69. The molecule has 0 bridgehead atoms. The molecular weight excluding hydrogens is 613 g/mol. The van der Waals surface area contributed by atoms with Crippen molar-refractivity contribution in [3.63, 3.8) is 0 Å². The molecule has 3 amide bonds. The van der Waals surface area contributed by atoms with E-state index in [9.17, 15) is 18.0 Å². The first-order valence-electron chi connectivity index (χ1n) is 12.1. The van der Waals surface area contributed by atoms with Crippen LogP contribution in [0.5, 0.6) is 0 Å². The molecule has 0 unspecified atom stereocenters. The molecule has 0 aliphatic rings. The van der Waals surface area contributed by atoms with E-state index in [0.717, 1.165) is 0 Å². The number of ether oxygens (including phenoxy) is 1. The lowest BCUT2D eigenvalue weighted by Crippen LogP contribution is -2.39. The van der Waals surface area contributed by atoms with E-state index in [0.29, 0.717) is 27.9 Å². The molecule has 0 radical (unpaired) electrons. The first-order valence-corrected chi connectivity index (χ1v) is 14.8. The Bertz CT molecular complexity index is 1530. The third-order valence-electron chi connectivity index (χ3n) is 5.69. The highest BCUT2D eigenvalue weighted by molar-refractivity contribution is 7.89. The minimum Gasteiger partial charge on any atom is -0.445 e. The minimum absolute atomic E-state index is 0.00739. The molecule has 3 aromatic carbocycles. The molecule has 0 spiro atoms. The second-order valence-corrected chi connectivity index (χ2v) is 13.2. The smallest absolute Gasteiger partial charge is 0.412 e. The number of carbonyl (C=O) groups excluding carboxylic acids is 2. The SMILES string of the molecule is CC(C)N(Cc1cccc(C(=N)NC(=O)OCC(Cl)(Cl)Cl)c1)C(=O)Nc1ccc(-c2ccccc2S(N)(=O)=O)cc1. The number of nitrogens with two attached hydrogens (primary N) is 1. The number of urea groups is 1. The largest absolute Gasteiger partial charge is 0.445 e. The van der Waals surface area contributed by atoms with Crippen molar-refractivity contribution in [1.82, 2.24) is 10.2 Å². The topological polar surface area (TPSA) is 155 Å². The van der Waals surface area contributed by atoms with Crippen molar-refractivity contribution in [2.24, 2.45) is 5.14 Å². The summed E-state index contributed by atoms with van der Waals surface area (Å²) in [5, 5.41) is 18.6. The zero-order chi connectivity index (χ0) is 30.4. The zero-order valence-electron chi connectivity index (χ0n) is 22.0. The van der Waals surface area contributed by atoms with Crippen LogP contribution >= 0.6 is 34.8 Å². The van der Waals surface area contributed by atoms with Crippen LogP contribution in [0.1, 0.15) is 25.0 Å². The summed E-state index contributed by atoms with van der Waals surface area (Å²) < 4.78 is 26.9. The van der Waals surface area contributed by atoms with Gasteiger partial charge in [-0.25, -0.2) is 23.1 Å². The third-order valence-corrected chi connectivity index (χ3v) is 6.98. The number of amidine groups is 1. The van der Waals surface area contributed by atoms with E-state index in [1.807, 2.05) is 13.8 Å². The number of nitrogens with one attached hydrogen (secondary N) is 3. The van der Waals surface area contributed by atoms with Crippen LogP contribution in [0.2, 0.25) is 0 Å². The summed E-state index contributed by atoms with van der Waals surface area (Å²) in [5.74, 6) is -0.231. The van der Waals surface area contributed by atoms with Gasteiger partial charge in [-0.2, -0.15) is 0 Å². The van der Waals surface area contributed by atoms with Crippen molar-refractivity contribution in [1.29, 1.82) is 5.41 Å². The van der Waals surface area contributed by atoms with E-state index in [4.69, 9.17) is 50.1 Å². The van der Waals surface area contributed by atoms with E-state index < -0.39 is 26.5 Å². The Morgan fingerprint density at radius 3 is 2.29 bits per heavy atom. The van der Waals surface area contributed by atoms with Crippen LogP contribution in [0.15, 0.2) is 77.7 Å². The molecule has 0 aromatic heterocycles. The number of alkyl halides is 3. The zero-order valence-corrected chi connectivity index (χ0v) is 25.1. The Morgan fingerprint density at radius 1 is 1.02 bits per heavy atom. The number of hydrogen-bond donors (Lipinski definition) is 4. The maximum atomic E-state index is 13.2. The van der Waals surface area contributed by atoms with E-state index in [1.54, 1.807) is 71.6 Å². The molecule has 218 valence electrons. The van der Waals surface area contributed by atoms with Crippen LogP contribution in [0.3, 0.4) is 0 Å². The van der Waals surface area contributed by atoms with Crippen LogP contribution in [-0.2, 0) is 21.3 Å². The summed E-state index contributed by atoms with van der Waals surface area (Å²) in [6.45, 7) is 3.45. The van der Waals surface area contributed by atoms with Gasteiger partial charge in [0.2, 0.25) is 13.8 Å². The van der Waals surface area contributed by atoms with Gasteiger partial charge in [0.05, 0.1) is 4.90 Å². The second-order valence-electron chi connectivity index (χ2n) is 9.16. The van der Waals surface area contributed by atoms with Gasteiger partial charge in [0.25, 0.3) is 0 Å². The van der Waals surface area contributed by atoms with Gasteiger partial charge in [0.15, 0.2) is 0 Å². The fourth-order valence-electron chi connectivity index (χ4n) is 3.75. The van der Waals surface area contributed by atoms with Crippen molar-refractivity contribution < 1.29 is 22.7 Å². The molecule has 41 heavy (non-hydrogen) atoms. The number of benzene rings is 3. The minimum atomic E-state index is -3.91. The highest BCUT2D eigenvalue weighted by Gasteiger charge is 2.23. The number of amides is 3. The number of carbonyl (C=O) groups is 2. The van der Waals surface area contributed by atoms with Gasteiger partial charge in [0.1, 0.15) is 12.4 Å². The third kappa shape index (κ3) is 9.61. The van der Waals surface area contributed by atoms with Crippen molar-refractivity contribution >= 4 is 68.5 Å². The van der Waals surface area contributed by atoms with Crippen molar-refractivity contribution in [2.45, 2.75) is 35.1 Å². The van der Waals surface area contributed by atoms with Crippen LogP contribution in [0, 0.1) is 5.41 Å². The van der Waals surface area contributed by atoms with Gasteiger partial charge in [-0.3, -0.25) is 10.7 Å². The summed E-state index contributed by atoms with van der Waals surface area (Å²) >= 11 is 16.7. The summed E-state index contributed by atoms with van der Waals surface area (Å²) in [6.07, 6.45) is -0.950. The number of hydrogen-bond acceptors (Lipinski definition) is 6. The molecule has 3 aromatic rings. The molecule has 0 saturated carbocycles. The van der Waals surface area contributed by atoms with Crippen LogP contribution < -0.4 is 15.8 Å². The van der Waals surface area contributed by atoms with E-state index in [1.165, 1.54) is 6.07 Å². The van der Waals surface area contributed by atoms with E-state index in [-0.39, 0.29) is 29.3 Å². The molecule has 3 rings (SSSR count). The average molecular weight is 641 g/mol. The van der Waals surface area contributed by atoms with Gasteiger partial charge in [-0.1, -0.05) is 83.3 Å². The van der Waals surface area contributed by atoms with Crippen LogP contribution in [0.4, 0.5) is 15.3 Å². The predicted octanol–water partition coefficient (Wildman–Crippen LogP) is 5.87. The predicted molar refractivity (Wildman–Crippen MR) is 161 cm³/mol. The lowest BCUT2D eigenvalue weighted by atomic mass is 10.1. The maximum Gasteiger partial charge on any atom is 0.412 e. The molecule has 14 heteroatoms. The molecule has 0 saturated heterocycles. The highest BCUT2D eigenvalue weighted by Crippen LogP contribution is 2.28. The summed E-state index contributed by atoms with van der Waals surface area (Å²) in [4.78, 5) is 26.7. The van der Waals surface area contributed by atoms with Crippen molar-refractivity contribution in [3.8, 4) is 11.1 Å². The standard InChI is InChI=1S/C27H28Cl3N5O5S/c1-17(2)35(15-18-6-5-7-20(14-18)24(31)34-26(37)40-16-27(28,29)30)25(36)33-21-12-10-19(11-13-21)22-8-3-4-9-23(22)41(32,38)39/h3-14,17H,15-16H2,1-2H3,(H,33,36)(H2,31,34,37)(H2,32,38,39). The maximum absolute atomic E-state index is 13.2. The first kappa shape index (κ1) is 32.2. The number of sulfonamides is 1. The molecule has 5 N–H and O–H groups in total. The number of nitrogens with zero attached hydrogens (tertiary/aromatic N) is 1. The first-order chi connectivity index (χ1) is 19.1. The van der Waals surface area contributed by atoms with Gasteiger partial charge in [-0.15, -0.1) is 0 Å². The molecule has 10 nitrogen and oxygen atoms in total. The Morgan fingerprint density at radius 2 is 1.68 bits per heavy atom. The monoisotopic (exact) mass is 639 g/mol. The Hall–Kier alpha value is -3.35. The number of halogens is 3. The van der Waals surface area contributed by atoms with Gasteiger partial charge in [0, 0.05) is 29.4 Å². The number of anilines is 1. The Labute approximate surface area is 253 Å². The summed E-state index contributed by atoms with van der Waals surface area (Å²) in [5.41, 5.74) is 2.67. The van der Waals surface area contributed by atoms with Crippen LogP contribution in [-0.4, -0.2) is 47.7 Å². The average Bonchev–Trinajstić information content (AvgIpc) is 2.90.